The fraction of sp³-hybridized carbons (Fsp3) is 0.417. The second-order valence-electron chi connectivity index (χ2n) is 4.59. The second-order valence-corrected chi connectivity index (χ2v) is 4.59. The van der Waals surface area contributed by atoms with Gasteiger partial charge in [0.2, 0.25) is 0 Å². The molecule has 0 bridgehead atoms. The number of imidazole rings is 1. The van der Waals surface area contributed by atoms with E-state index in [4.69, 9.17) is 0 Å². The van der Waals surface area contributed by atoms with Crippen LogP contribution in [-0.4, -0.2) is 63.9 Å². The Morgan fingerprint density at radius 3 is 2.83 bits per heavy atom. The molecule has 0 unspecified atom stereocenters. The maximum Gasteiger partial charge on any atom is 0.255 e. The Balaban J connectivity index is 1.82. The van der Waals surface area contributed by atoms with Crippen molar-refractivity contribution in [3.8, 4) is 0 Å². The molecule has 2 aromatic rings. The standard InChI is InChI=1S/C12H15N5O/c1-16-2-4-17(5-3-16)12(18)9-6-10-11(13-7-9)15-8-14-10/h6-8H,2-5H2,1H3,(H,13,14,15). The summed E-state index contributed by atoms with van der Waals surface area (Å²) < 4.78 is 0. The molecule has 1 fully saturated rings. The molecule has 0 aliphatic carbocycles. The molecule has 6 heteroatoms. The lowest BCUT2D eigenvalue weighted by Gasteiger charge is -2.32. The first-order chi connectivity index (χ1) is 8.74. The Labute approximate surface area is 105 Å². The number of rotatable bonds is 1. The van der Waals surface area contributed by atoms with E-state index < -0.39 is 0 Å². The van der Waals surface area contributed by atoms with Crippen molar-refractivity contribution < 1.29 is 4.79 Å². The summed E-state index contributed by atoms with van der Waals surface area (Å²) in [4.78, 5) is 27.6. The number of likely N-dealkylation sites (N-methyl/N-ethyl adjacent to an activating group) is 1. The zero-order valence-corrected chi connectivity index (χ0v) is 10.3. The topological polar surface area (TPSA) is 65.1 Å². The van der Waals surface area contributed by atoms with Crippen LogP contribution in [0.1, 0.15) is 10.4 Å². The van der Waals surface area contributed by atoms with E-state index in [0.29, 0.717) is 11.2 Å². The number of fused-ring (bicyclic) bond motifs is 1. The number of amides is 1. The largest absolute Gasteiger partial charge is 0.343 e. The number of H-pyrrole nitrogens is 1. The van der Waals surface area contributed by atoms with Crippen molar-refractivity contribution in [1.82, 2.24) is 24.8 Å². The highest BCUT2D eigenvalue weighted by atomic mass is 16.2. The van der Waals surface area contributed by atoms with Crippen LogP contribution in [0.4, 0.5) is 0 Å². The van der Waals surface area contributed by atoms with Gasteiger partial charge >= 0.3 is 0 Å². The van der Waals surface area contributed by atoms with Gasteiger partial charge in [0.05, 0.1) is 17.4 Å². The van der Waals surface area contributed by atoms with E-state index in [1.165, 1.54) is 0 Å². The van der Waals surface area contributed by atoms with Gasteiger partial charge < -0.3 is 14.8 Å². The summed E-state index contributed by atoms with van der Waals surface area (Å²) >= 11 is 0. The molecule has 18 heavy (non-hydrogen) atoms. The molecule has 0 saturated carbocycles. The molecule has 1 amide bonds. The van der Waals surface area contributed by atoms with Gasteiger partial charge in [0.15, 0.2) is 5.65 Å². The summed E-state index contributed by atoms with van der Waals surface area (Å²) in [7, 11) is 2.07. The molecule has 0 radical (unpaired) electrons. The van der Waals surface area contributed by atoms with E-state index in [-0.39, 0.29) is 5.91 Å². The van der Waals surface area contributed by atoms with E-state index >= 15 is 0 Å². The summed E-state index contributed by atoms with van der Waals surface area (Å²) in [6.45, 7) is 3.39. The van der Waals surface area contributed by atoms with Crippen LogP contribution in [0.5, 0.6) is 0 Å². The molecule has 0 atom stereocenters. The summed E-state index contributed by atoms with van der Waals surface area (Å²) in [6.07, 6.45) is 3.19. The lowest BCUT2D eigenvalue weighted by molar-refractivity contribution is 0.0664. The predicted octanol–water partition coefficient (Wildman–Crippen LogP) is 0.345. The molecular weight excluding hydrogens is 230 g/mol. The Hall–Kier alpha value is -1.95. The number of piperazine rings is 1. The number of nitrogens with zero attached hydrogens (tertiary/aromatic N) is 4. The third-order valence-corrected chi connectivity index (χ3v) is 3.31. The molecule has 0 aromatic carbocycles. The van der Waals surface area contributed by atoms with Crippen molar-refractivity contribution in [3.63, 3.8) is 0 Å². The summed E-state index contributed by atoms with van der Waals surface area (Å²) in [6, 6.07) is 1.82. The highest BCUT2D eigenvalue weighted by molar-refractivity contribution is 5.96. The number of nitrogens with one attached hydrogen (secondary N) is 1. The van der Waals surface area contributed by atoms with Crippen LogP contribution in [-0.2, 0) is 0 Å². The predicted molar refractivity (Wildman–Crippen MR) is 67.3 cm³/mol. The first kappa shape index (κ1) is 11.2. The van der Waals surface area contributed by atoms with Gasteiger partial charge in [0.1, 0.15) is 0 Å². The van der Waals surface area contributed by atoms with Gasteiger partial charge in [-0.1, -0.05) is 0 Å². The molecule has 94 valence electrons. The maximum atomic E-state index is 12.3. The Morgan fingerprint density at radius 1 is 1.28 bits per heavy atom. The van der Waals surface area contributed by atoms with Gasteiger partial charge in [0, 0.05) is 32.4 Å². The zero-order chi connectivity index (χ0) is 12.5. The van der Waals surface area contributed by atoms with E-state index in [2.05, 4.69) is 26.9 Å². The minimum atomic E-state index is 0.0482. The van der Waals surface area contributed by atoms with Crippen molar-refractivity contribution in [1.29, 1.82) is 0 Å². The van der Waals surface area contributed by atoms with Crippen LogP contribution < -0.4 is 0 Å². The Morgan fingerprint density at radius 2 is 2.06 bits per heavy atom. The van der Waals surface area contributed by atoms with E-state index in [9.17, 15) is 4.79 Å². The number of hydrogen-bond acceptors (Lipinski definition) is 4. The fourth-order valence-electron chi connectivity index (χ4n) is 2.14. The summed E-state index contributed by atoms with van der Waals surface area (Å²) in [5.41, 5.74) is 2.07. The Bertz CT molecular complexity index is 571. The third kappa shape index (κ3) is 1.95. The molecule has 1 aliphatic heterocycles. The molecular formula is C12H15N5O. The Kier molecular flexibility index (Phi) is 2.71. The van der Waals surface area contributed by atoms with Crippen LogP contribution in [0.3, 0.4) is 0 Å². The summed E-state index contributed by atoms with van der Waals surface area (Å²) in [5, 5.41) is 0. The average molecular weight is 245 g/mol. The van der Waals surface area contributed by atoms with Crippen LogP contribution >= 0.6 is 0 Å². The molecule has 3 rings (SSSR count). The number of aromatic amines is 1. The SMILES string of the molecule is CN1CCN(C(=O)c2cnc3nc[nH]c3c2)CC1. The maximum absolute atomic E-state index is 12.3. The summed E-state index contributed by atoms with van der Waals surface area (Å²) in [5.74, 6) is 0.0482. The highest BCUT2D eigenvalue weighted by Crippen LogP contribution is 2.12. The van der Waals surface area contributed by atoms with Crippen LogP contribution in [0.25, 0.3) is 11.2 Å². The van der Waals surface area contributed by atoms with Crippen LogP contribution in [0.2, 0.25) is 0 Å². The van der Waals surface area contributed by atoms with Gasteiger partial charge in [-0.25, -0.2) is 9.97 Å². The minimum absolute atomic E-state index is 0.0482. The van der Waals surface area contributed by atoms with Crippen LogP contribution in [0, 0.1) is 0 Å². The smallest absolute Gasteiger partial charge is 0.255 e. The molecule has 1 aliphatic rings. The monoisotopic (exact) mass is 245 g/mol. The number of carbonyl (C=O) groups is 1. The van der Waals surface area contributed by atoms with Gasteiger partial charge in [-0.05, 0) is 13.1 Å². The first-order valence-corrected chi connectivity index (χ1v) is 6.01. The van der Waals surface area contributed by atoms with Crippen molar-refractivity contribution in [2.75, 3.05) is 33.2 Å². The van der Waals surface area contributed by atoms with Crippen molar-refractivity contribution in [3.05, 3.63) is 24.2 Å². The van der Waals surface area contributed by atoms with Crippen LogP contribution in [0.15, 0.2) is 18.6 Å². The fourth-order valence-corrected chi connectivity index (χ4v) is 2.14. The number of pyridine rings is 1. The first-order valence-electron chi connectivity index (χ1n) is 6.01. The lowest BCUT2D eigenvalue weighted by Crippen LogP contribution is -2.47. The molecule has 6 nitrogen and oxygen atoms in total. The lowest BCUT2D eigenvalue weighted by atomic mass is 10.2. The molecule has 1 saturated heterocycles. The third-order valence-electron chi connectivity index (χ3n) is 3.31. The normalized spacial score (nSPS) is 17.3. The van der Waals surface area contributed by atoms with Gasteiger partial charge in [-0.3, -0.25) is 4.79 Å². The van der Waals surface area contributed by atoms with Gasteiger partial charge in [-0.15, -0.1) is 0 Å². The van der Waals surface area contributed by atoms with E-state index in [1.54, 1.807) is 12.5 Å². The minimum Gasteiger partial charge on any atom is -0.343 e. The number of hydrogen-bond donors (Lipinski definition) is 1. The molecule has 0 spiro atoms. The zero-order valence-electron chi connectivity index (χ0n) is 10.3. The second kappa shape index (κ2) is 4.38. The molecule has 1 N–H and O–H groups in total. The highest BCUT2D eigenvalue weighted by Gasteiger charge is 2.20. The number of aromatic nitrogens is 3. The van der Waals surface area contributed by atoms with Crippen molar-refractivity contribution >= 4 is 17.1 Å². The molecule has 3 heterocycles. The van der Waals surface area contributed by atoms with Crippen molar-refractivity contribution in [2.24, 2.45) is 0 Å². The van der Waals surface area contributed by atoms with E-state index in [1.807, 2.05) is 11.0 Å². The van der Waals surface area contributed by atoms with Crippen molar-refractivity contribution in [2.45, 2.75) is 0 Å². The van der Waals surface area contributed by atoms with E-state index in [0.717, 1.165) is 31.7 Å². The molecule has 2 aromatic heterocycles. The number of carbonyl (C=O) groups excluding carboxylic acids is 1. The quantitative estimate of drug-likeness (QED) is 0.787. The average Bonchev–Trinajstić information content (AvgIpc) is 2.86. The van der Waals surface area contributed by atoms with Gasteiger partial charge in [0.25, 0.3) is 5.91 Å². The van der Waals surface area contributed by atoms with Gasteiger partial charge in [-0.2, -0.15) is 0 Å².